The second-order valence-electron chi connectivity index (χ2n) is 7.11. The van der Waals surface area contributed by atoms with Crippen LogP contribution in [0.15, 0.2) is 12.1 Å². The van der Waals surface area contributed by atoms with E-state index in [-0.39, 0.29) is 25.2 Å². The highest BCUT2D eigenvalue weighted by molar-refractivity contribution is 5.74. The molecule has 2 saturated carbocycles. The molecule has 0 aromatic heterocycles. The molecule has 1 aromatic rings. The zero-order chi connectivity index (χ0) is 16.5. The summed E-state index contributed by atoms with van der Waals surface area (Å²) >= 11 is 0. The molecule has 1 aromatic carbocycles. The summed E-state index contributed by atoms with van der Waals surface area (Å²) in [5.74, 6) is 1.63. The summed E-state index contributed by atoms with van der Waals surface area (Å²) in [5.41, 5.74) is 1.36. The third kappa shape index (κ3) is 3.80. The Morgan fingerprint density at radius 2 is 1.92 bits per heavy atom. The van der Waals surface area contributed by atoms with Gasteiger partial charge in [0.1, 0.15) is 11.6 Å². The van der Waals surface area contributed by atoms with E-state index in [1.54, 1.807) is 0 Å². The van der Waals surface area contributed by atoms with Crippen molar-refractivity contribution in [2.24, 2.45) is 11.8 Å². The van der Waals surface area contributed by atoms with Crippen molar-refractivity contribution in [3.63, 3.8) is 0 Å². The highest BCUT2D eigenvalue weighted by atomic mass is 19.1. The third-order valence-electron chi connectivity index (χ3n) is 4.82. The lowest BCUT2D eigenvalue weighted by molar-refractivity contribution is -0.0173. The first-order chi connectivity index (χ1) is 11.7. The van der Waals surface area contributed by atoms with E-state index in [1.165, 1.54) is 37.8 Å². The maximum Gasteiger partial charge on any atom is 0.317 e. The lowest BCUT2D eigenvalue weighted by Crippen LogP contribution is -2.42. The summed E-state index contributed by atoms with van der Waals surface area (Å²) in [6.07, 6.45) is 4.89. The van der Waals surface area contributed by atoms with Gasteiger partial charge in [0.05, 0.1) is 6.61 Å². The fourth-order valence-electron chi connectivity index (χ4n) is 3.14. The second kappa shape index (κ2) is 6.59. The number of rotatable bonds is 6. The van der Waals surface area contributed by atoms with Crippen LogP contribution < -0.4 is 10.1 Å². The summed E-state index contributed by atoms with van der Waals surface area (Å²) in [5, 5.41) is 2.94. The minimum atomic E-state index is -0.333. The van der Waals surface area contributed by atoms with E-state index < -0.39 is 0 Å². The Labute approximate surface area is 141 Å². The Kier molecular flexibility index (Phi) is 4.31. The molecule has 0 saturated heterocycles. The van der Waals surface area contributed by atoms with Crippen molar-refractivity contribution < 1.29 is 18.7 Å². The Bertz CT molecular complexity index is 615. The van der Waals surface area contributed by atoms with Crippen molar-refractivity contribution in [2.45, 2.75) is 38.8 Å². The highest BCUT2D eigenvalue weighted by Gasteiger charge is 2.31. The first kappa shape index (κ1) is 15.7. The van der Waals surface area contributed by atoms with E-state index in [4.69, 9.17) is 9.47 Å². The van der Waals surface area contributed by atoms with Gasteiger partial charge in [-0.05, 0) is 49.7 Å². The van der Waals surface area contributed by atoms with Crippen LogP contribution in [0.25, 0.3) is 0 Å². The molecule has 130 valence electrons. The summed E-state index contributed by atoms with van der Waals surface area (Å²) in [7, 11) is 0. The van der Waals surface area contributed by atoms with Gasteiger partial charge in [0.25, 0.3) is 0 Å². The number of carbonyl (C=O) groups is 1. The van der Waals surface area contributed by atoms with E-state index in [1.807, 2.05) is 4.90 Å². The summed E-state index contributed by atoms with van der Waals surface area (Å²) < 4.78 is 24.4. The average Bonchev–Trinajstić information content (AvgIpc) is 3.47. The molecule has 0 spiro atoms. The van der Waals surface area contributed by atoms with Crippen molar-refractivity contribution in [1.82, 2.24) is 10.2 Å². The van der Waals surface area contributed by atoms with Crippen molar-refractivity contribution >= 4 is 6.03 Å². The van der Waals surface area contributed by atoms with Crippen molar-refractivity contribution in [2.75, 3.05) is 19.9 Å². The topological polar surface area (TPSA) is 50.8 Å². The first-order valence-electron chi connectivity index (χ1n) is 8.73. The molecule has 0 atom stereocenters. The van der Waals surface area contributed by atoms with Gasteiger partial charge >= 0.3 is 6.03 Å². The molecule has 24 heavy (non-hydrogen) atoms. The van der Waals surface area contributed by atoms with Crippen LogP contribution in [-0.4, -0.2) is 30.8 Å². The molecule has 2 amide bonds. The van der Waals surface area contributed by atoms with Crippen LogP contribution in [0.3, 0.4) is 0 Å². The first-order valence-corrected chi connectivity index (χ1v) is 8.73. The minimum Gasteiger partial charge on any atom is -0.467 e. The number of carbonyl (C=O) groups excluding carboxylic acids is 1. The van der Waals surface area contributed by atoms with Gasteiger partial charge in [-0.15, -0.1) is 0 Å². The monoisotopic (exact) mass is 334 g/mol. The highest BCUT2D eigenvalue weighted by Crippen LogP contribution is 2.34. The molecule has 1 aliphatic heterocycles. The van der Waals surface area contributed by atoms with Gasteiger partial charge in [0, 0.05) is 30.8 Å². The third-order valence-corrected chi connectivity index (χ3v) is 4.82. The fraction of sp³-hybridized carbons (Fsp3) is 0.611. The van der Waals surface area contributed by atoms with Crippen LogP contribution in [0.5, 0.6) is 5.75 Å². The molecule has 6 heteroatoms. The van der Waals surface area contributed by atoms with Crippen molar-refractivity contribution in [3.05, 3.63) is 29.1 Å². The van der Waals surface area contributed by atoms with Crippen molar-refractivity contribution in [3.8, 4) is 5.75 Å². The Balaban J connectivity index is 1.41. The standard InChI is InChI=1S/C18H23FN2O3/c19-16-5-14(17-15(6-16)10-23-11-24-17)7-20-18(22)21(8-12-1-2-12)9-13-3-4-13/h5-6,12-13H,1-4,7-11H2,(H,20,22). The molecule has 0 unspecified atom stereocenters. The van der Waals surface area contributed by atoms with Crippen LogP contribution >= 0.6 is 0 Å². The molecule has 1 N–H and O–H groups in total. The quantitative estimate of drug-likeness (QED) is 0.870. The molecule has 4 rings (SSSR count). The zero-order valence-corrected chi connectivity index (χ0v) is 13.7. The molecule has 0 bridgehead atoms. The van der Waals surface area contributed by atoms with E-state index in [2.05, 4.69) is 5.32 Å². The van der Waals surface area contributed by atoms with Gasteiger partial charge in [-0.25, -0.2) is 9.18 Å². The van der Waals surface area contributed by atoms with Crippen molar-refractivity contribution in [1.29, 1.82) is 0 Å². The van der Waals surface area contributed by atoms with E-state index >= 15 is 0 Å². The number of amides is 2. The zero-order valence-electron chi connectivity index (χ0n) is 13.7. The van der Waals surface area contributed by atoms with E-state index in [9.17, 15) is 9.18 Å². The van der Waals surface area contributed by atoms with Gasteiger partial charge in [-0.2, -0.15) is 0 Å². The average molecular weight is 334 g/mol. The lowest BCUT2D eigenvalue weighted by atomic mass is 10.1. The summed E-state index contributed by atoms with van der Waals surface area (Å²) in [6, 6.07) is 2.79. The maximum atomic E-state index is 13.8. The fourth-order valence-corrected chi connectivity index (χ4v) is 3.14. The Morgan fingerprint density at radius 1 is 1.21 bits per heavy atom. The number of hydrogen-bond acceptors (Lipinski definition) is 3. The Hall–Kier alpha value is -1.82. The number of benzene rings is 1. The van der Waals surface area contributed by atoms with Crippen LogP contribution in [0.2, 0.25) is 0 Å². The molecular formula is C18H23FN2O3. The number of ether oxygens (including phenoxy) is 2. The summed E-state index contributed by atoms with van der Waals surface area (Å²) in [6.45, 7) is 2.45. The second-order valence-corrected chi connectivity index (χ2v) is 7.11. The molecule has 3 aliphatic rings. The number of nitrogens with one attached hydrogen (secondary N) is 1. The molecule has 1 heterocycles. The maximum absolute atomic E-state index is 13.8. The number of halogens is 1. The van der Waals surface area contributed by atoms with Gasteiger partial charge in [-0.1, -0.05) is 0 Å². The molecule has 5 nitrogen and oxygen atoms in total. The molecule has 0 radical (unpaired) electrons. The Morgan fingerprint density at radius 3 is 2.58 bits per heavy atom. The van der Waals surface area contributed by atoms with Gasteiger partial charge in [0.2, 0.25) is 0 Å². The van der Waals surface area contributed by atoms with E-state index in [0.717, 1.165) is 13.1 Å². The largest absolute Gasteiger partial charge is 0.467 e. The number of hydrogen-bond donors (Lipinski definition) is 1. The molecule has 2 aliphatic carbocycles. The predicted octanol–water partition coefficient (Wildman–Crippen LogP) is 3.02. The van der Waals surface area contributed by atoms with Crippen LogP contribution in [0, 0.1) is 17.7 Å². The van der Waals surface area contributed by atoms with Crippen LogP contribution in [0.1, 0.15) is 36.8 Å². The van der Waals surface area contributed by atoms with Gasteiger partial charge in [0.15, 0.2) is 6.79 Å². The number of urea groups is 1. The summed E-state index contributed by atoms with van der Waals surface area (Å²) in [4.78, 5) is 14.5. The van der Waals surface area contributed by atoms with Crippen LogP contribution in [0.4, 0.5) is 9.18 Å². The van der Waals surface area contributed by atoms with E-state index in [0.29, 0.717) is 35.3 Å². The normalized spacial score (nSPS) is 19.4. The number of nitrogens with zero attached hydrogens (tertiary/aromatic N) is 1. The predicted molar refractivity (Wildman–Crippen MR) is 85.9 cm³/mol. The smallest absolute Gasteiger partial charge is 0.317 e. The van der Waals surface area contributed by atoms with Gasteiger partial charge < -0.3 is 19.7 Å². The van der Waals surface area contributed by atoms with Gasteiger partial charge in [-0.3, -0.25) is 0 Å². The SMILES string of the molecule is O=C(NCc1cc(F)cc2c1OCOC2)N(CC1CC1)CC1CC1. The minimum absolute atomic E-state index is 0.0566. The molecular weight excluding hydrogens is 311 g/mol. The number of fused-ring (bicyclic) bond motifs is 1. The van der Waals surface area contributed by atoms with Crippen LogP contribution in [-0.2, 0) is 17.9 Å². The lowest BCUT2D eigenvalue weighted by Gasteiger charge is -2.24. The molecule has 2 fully saturated rings.